The lowest BCUT2D eigenvalue weighted by molar-refractivity contribution is 0.262. The fourth-order valence-electron chi connectivity index (χ4n) is 2.91. The van der Waals surface area contributed by atoms with Crippen LogP contribution < -0.4 is 10.6 Å². The highest BCUT2D eigenvalue weighted by Gasteiger charge is 2.15. The summed E-state index contributed by atoms with van der Waals surface area (Å²) in [6.07, 6.45) is 0. The van der Waals surface area contributed by atoms with E-state index in [1.165, 1.54) is 5.56 Å². The third-order valence-corrected chi connectivity index (χ3v) is 5.03. The zero-order valence-electron chi connectivity index (χ0n) is 15.9. The molecule has 1 aromatic heterocycles. The number of benzene rings is 2. The summed E-state index contributed by atoms with van der Waals surface area (Å²) in [6.45, 7) is 8.42. The molecule has 0 bridgehead atoms. The Labute approximate surface area is 164 Å². The molecular formula is C21H23ClN4O. The number of urea groups is 1. The Balaban J connectivity index is 1.75. The quantitative estimate of drug-likeness (QED) is 0.629. The first-order chi connectivity index (χ1) is 12.8. The molecule has 0 radical (unpaired) electrons. The van der Waals surface area contributed by atoms with Crippen molar-refractivity contribution in [3.05, 3.63) is 75.6 Å². The number of carbonyl (C=O) groups excluding carboxylic acids is 1. The van der Waals surface area contributed by atoms with Crippen molar-refractivity contribution in [1.29, 1.82) is 0 Å². The molecule has 3 rings (SSSR count). The third kappa shape index (κ3) is 4.31. The van der Waals surface area contributed by atoms with Crippen molar-refractivity contribution in [2.75, 3.05) is 10.6 Å². The van der Waals surface area contributed by atoms with Crippen molar-refractivity contribution in [2.24, 2.45) is 0 Å². The number of carbonyl (C=O) groups is 1. The van der Waals surface area contributed by atoms with Crippen molar-refractivity contribution >= 4 is 29.0 Å². The van der Waals surface area contributed by atoms with E-state index >= 15 is 0 Å². The van der Waals surface area contributed by atoms with Gasteiger partial charge in [0.05, 0.1) is 23.6 Å². The highest BCUT2D eigenvalue weighted by molar-refractivity contribution is 6.31. The largest absolute Gasteiger partial charge is 0.323 e. The van der Waals surface area contributed by atoms with Crippen LogP contribution in [-0.4, -0.2) is 15.8 Å². The molecule has 3 aromatic rings. The van der Waals surface area contributed by atoms with E-state index in [1.54, 1.807) is 0 Å². The molecule has 1 heterocycles. The Hall–Kier alpha value is -2.79. The summed E-state index contributed by atoms with van der Waals surface area (Å²) >= 11 is 6.25. The number of nitrogens with zero attached hydrogens (tertiary/aromatic N) is 2. The summed E-state index contributed by atoms with van der Waals surface area (Å²) in [4.78, 5) is 12.4. The SMILES string of the molecule is Cc1ccc(NC(=O)Nc2c(C)nn(Cc3ccccc3Cl)c2C)cc1C. The van der Waals surface area contributed by atoms with Gasteiger partial charge in [0.2, 0.25) is 0 Å². The number of aryl methyl sites for hydroxylation is 3. The van der Waals surface area contributed by atoms with E-state index in [1.807, 2.05) is 74.8 Å². The molecular weight excluding hydrogens is 360 g/mol. The van der Waals surface area contributed by atoms with E-state index in [9.17, 15) is 4.79 Å². The minimum absolute atomic E-state index is 0.290. The van der Waals surface area contributed by atoms with E-state index < -0.39 is 0 Å². The molecule has 0 aliphatic carbocycles. The van der Waals surface area contributed by atoms with Crippen molar-refractivity contribution in [1.82, 2.24) is 9.78 Å². The van der Waals surface area contributed by atoms with Crippen molar-refractivity contribution in [3.8, 4) is 0 Å². The molecule has 0 saturated carbocycles. The summed E-state index contributed by atoms with van der Waals surface area (Å²) in [5.41, 5.74) is 6.41. The summed E-state index contributed by atoms with van der Waals surface area (Å²) in [5.74, 6) is 0. The molecule has 0 atom stereocenters. The van der Waals surface area contributed by atoms with Crippen LogP contribution in [0.15, 0.2) is 42.5 Å². The highest BCUT2D eigenvalue weighted by Crippen LogP contribution is 2.23. The molecule has 0 aliphatic heterocycles. The van der Waals surface area contributed by atoms with Crippen LogP contribution in [0, 0.1) is 27.7 Å². The molecule has 5 nitrogen and oxygen atoms in total. The predicted octanol–water partition coefficient (Wildman–Crippen LogP) is 5.46. The van der Waals surface area contributed by atoms with Crippen LogP contribution in [0.5, 0.6) is 0 Å². The Kier molecular flexibility index (Phi) is 5.51. The molecule has 2 aromatic carbocycles. The maximum absolute atomic E-state index is 12.4. The van der Waals surface area contributed by atoms with Gasteiger partial charge in [-0.3, -0.25) is 4.68 Å². The van der Waals surface area contributed by atoms with Gasteiger partial charge in [-0.25, -0.2) is 4.79 Å². The number of hydrogen-bond donors (Lipinski definition) is 2. The summed E-state index contributed by atoms with van der Waals surface area (Å²) in [6, 6.07) is 13.2. The molecule has 0 unspecified atom stereocenters. The van der Waals surface area contributed by atoms with E-state index in [4.69, 9.17) is 11.6 Å². The fraction of sp³-hybridized carbons (Fsp3) is 0.238. The lowest BCUT2D eigenvalue weighted by Gasteiger charge is -2.10. The number of amides is 2. The van der Waals surface area contributed by atoms with Gasteiger partial charge in [0.15, 0.2) is 0 Å². The maximum atomic E-state index is 12.4. The lowest BCUT2D eigenvalue weighted by Crippen LogP contribution is -2.20. The van der Waals surface area contributed by atoms with E-state index in [0.717, 1.165) is 28.2 Å². The second kappa shape index (κ2) is 7.84. The molecule has 0 aliphatic rings. The smallest absolute Gasteiger partial charge is 0.308 e. The summed E-state index contributed by atoms with van der Waals surface area (Å²) in [5, 5.41) is 11.0. The zero-order valence-corrected chi connectivity index (χ0v) is 16.7. The number of hydrogen-bond acceptors (Lipinski definition) is 2. The van der Waals surface area contributed by atoms with Crippen molar-refractivity contribution < 1.29 is 4.79 Å². The zero-order chi connectivity index (χ0) is 19.6. The van der Waals surface area contributed by atoms with Crippen LogP contribution in [-0.2, 0) is 6.54 Å². The molecule has 6 heteroatoms. The second-order valence-electron chi connectivity index (χ2n) is 6.67. The Morgan fingerprint density at radius 3 is 2.48 bits per heavy atom. The lowest BCUT2D eigenvalue weighted by atomic mass is 10.1. The van der Waals surface area contributed by atoms with Crippen LogP contribution >= 0.6 is 11.6 Å². The van der Waals surface area contributed by atoms with Gasteiger partial charge in [-0.05, 0) is 62.6 Å². The first-order valence-electron chi connectivity index (χ1n) is 8.78. The van der Waals surface area contributed by atoms with E-state index in [-0.39, 0.29) is 6.03 Å². The highest BCUT2D eigenvalue weighted by atomic mass is 35.5. The van der Waals surface area contributed by atoms with Gasteiger partial charge in [-0.15, -0.1) is 0 Å². The summed E-state index contributed by atoms with van der Waals surface area (Å²) < 4.78 is 1.85. The minimum Gasteiger partial charge on any atom is -0.308 e. The summed E-state index contributed by atoms with van der Waals surface area (Å²) in [7, 11) is 0. The molecule has 0 saturated heterocycles. The first-order valence-corrected chi connectivity index (χ1v) is 9.15. The van der Waals surface area contributed by atoms with Crippen LogP contribution in [0.25, 0.3) is 0 Å². The topological polar surface area (TPSA) is 59.0 Å². The molecule has 27 heavy (non-hydrogen) atoms. The average Bonchev–Trinajstić information content (AvgIpc) is 2.88. The van der Waals surface area contributed by atoms with Gasteiger partial charge in [0.25, 0.3) is 0 Å². The average molecular weight is 383 g/mol. The van der Waals surface area contributed by atoms with Gasteiger partial charge < -0.3 is 10.6 Å². The Morgan fingerprint density at radius 2 is 1.78 bits per heavy atom. The van der Waals surface area contributed by atoms with Crippen molar-refractivity contribution in [3.63, 3.8) is 0 Å². The number of anilines is 2. The van der Waals surface area contributed by atoms with Crippen LogP contribution in [0.3, 0.4) is 0 Å². The van der Waals surface area contributed by atoms with Gasteiger partial charge in [0.1, 0.15) is 0 Å². The first kappa shape index (κ1) is 19.0. The molecule has 0 fully saturated rings. The van der Waals surface area contributed by atoms with Crippen LogP contribution in [0.1, 0.15) is 28.1 Å². The van der Waals surface area contributed by atoms with E-state index in [2.05, 4.69) is 15.7 Å². The normalized spacial score (nSPS) is 10.7. The fourth-order valence-corrected chi connectivity index (χ4v) is 3.11. The maximum Gasteiger partial charge on any atom is 0.323 e. The number of halogens is 1. The second-order valence-corrected chi connectivity index (χ2v) is 7.08. The standard InChI is InChI=1S/C21H23ClN4O/c1-13-9-10-18(11-14(13)2)23-21(27)24-20-15(3)25-26(16(20)4)12-17-7-5-6-8-19(17)22/h5-11H,12H2,1-4H3,(H2,23,24,27). The molecule has 2 amide bonds. The van der Waals surface area contributed by atoms with Gasteiger partial charge >= 0.3 is 6.03 Å². The Bertz CT molecular complexity index is 994. The van der Waals surface area contributed by atoms with Gasteiger partial charge in [0, 0.05) is 10.7 Å². The Morgan fingerprint density at radius 1 is 1.04 bits per heavy atom. The van der Waals surface area contributed by atoms with E-state index in [0.29, 0.717) is 17.3 Å². The predicted molar refractivity (Wildman–Crippen MR) is 111 cm³/mol. The molecule has 0 spiro atoms. The van der Waals surface area contributed by atoms with Crippen LogP contribution in [0.2, 0.25) is 5.02 Å². The minimum atomic E-state index is -0.290. The molecule has 140 valence electrons. The number of nitrogens with one attached hydrogen (secondary N) is 2. The van der Waals surface area contributed by atoms with Crippen LogP contribution in [0.4, 0.5) is 16.2 Å². The third-order valence-electron chi connectivity index (χ3n) is 4.66. The van der Waals surface area contributed by atoms with Gasteiger partial charge in [-0.2, -0.15) is 5.10 Å². The van der Waals surface area contributed by atoms with Gasteiger partial charge in [-0.1, -0.05) is 35.9 Å². The molecule has 2 N–H and O–H groups in total. The number of aromatic nitrogens is 2. The monoisotopic (exact) mass is 382 g/mol. The van der Waals surface area contributed by atoms with Crippen molar-refractivity contribution in [2.45, 2.75) is 34.2 Å². The number of rotatable bonds is 4.